The van der Waals surface area contributed by atoms with Crippen molar-refractivity contribution in [2.24, 2.45) is 0 Å². The van der Waals surface area contributed by atoms with Gasteiger partial charge in [0, 0.05) is 28.4 Å². The van der Waals surface area contributed by atoms with Crippen LogP contribution in [-0.4, -0.2) is 22.9 Å². The molecule has 0 saturated carbocycles. The summed E-state index contributed by atoms with van der Waals surface area (Å²) in [5, 5.41) is 4.96. The summed E-state index contributed by atoms with van der Waals surface area (Å²) in [6.07, 6.45) is 3.37. The first-order valence-electron chi connectivity index (χ1n) is 8.19. The van der Waals surface area contributed by atoms with E-state index in [-0.39, 0.29) is 5.91 Å². The van der Waals surface area contributed by atoms with Crippen molar-refractivity contribution >= 4 is 34.7 Å². The molecule has 4 nitrogen and oxygen atoms in total. The number of ether oxygens (including phenoxy) is 1. The lowest BCUT2D eigenvalue weighted by Gasteiger charge is -2.22. The normalized spacial score (nSPS) is 11.0. The van der Waals surface area contributed by atoms with Crippen LogP contribution in [0.2, 0.25) is 0 Å². The molecule has 2 heterocycles. The number of rotatable bonds is 7. The second kappa shape index (κ2) is 8.78. The summed E-state index contributed by atoms with van der Waals surface area (Å²) in [4.78, 5) is 20.2. The first-order valence-corrected chi connectivity index (χ1v) is 9.95. The van der Waals surface area contributed by atoms with E-state index in [9.17, 15) is 4.79 Å². The Kier molecular flexibility index (Phi) is 6.20. The van der Waals surface area contributed by atoms with Crippen LogP contribution >= 0.6 is 22.7 Å². The van der Waals surface area contributed by atoms with Gasteiger partial charge in [-0.3, -0.25) is 4.79 Å². The van der Waals surface area contributed by atoms with Crippen molar-refractivity contribution in [3.05, 3.63) is 74.4 Å². The van der Waals surface area contributed by atoms with Crippen LogP contribution in [0.4, 0.5) is 0 Å². The number of aryl methyl sites for hydroxylation is 1. The Morgan fingerprint density at radius 2 is 2.04 bits per heavy atom. The van der Waals surface area contributed by atoms with Crippen LogP contribution in [0.1, 0.15) is 21.1 Å². The average Bonchev–Trinajstić information content (AvgIpc) is 3.31. The molecule has 0 aliphatic heterocycles. The lowest BCUT2D eigenvalue weighted by atomic mass is 10.2. The van der Waals surface area contributed by atoms with Crippen molar-refractivity contribution in [2.45, 2.75) is 20.0 Å². The first kappa shape index (κ1) is 18.4. The highest BCUT2D eigenvalue weighted by Crippen LogP contribution is 2.22. The van der Waals surface area contributed by atoms with Crippen LogP contribution in [0.15, 0.2) is 53.2 Å². The number of aromatic nitrogens is 1. The summed E-state index contributed by atoms with van der Waals surface area (Å²) in [7, 11) is 1.65. The van der Waals surface area contributed by atoms with Crippen molar-refractivity contribution in [3.8, 4) is 5.75 Å². The molecule has 0 atom stereocenters. The Hall–Kier alpha value is -2.44. The quantitative estimate of drug-likeness (QED) is 0.551. The van der Waals surface area contributed by atoms with Gasteiger partial charge in [-0.2, -0.15) is 0 Å². The molecular weight excluding hydrogens is 364 g/mol. The zero-order valence-corrected chi connectivity index (χ0v) is 16.3. The summed E-state index contributed by atoms with van der Waals surface area (Å²) in [5.74, 6) is 0.741. The van der Waals surface area contributed by atoms with Gasteiger partial charge in [0.25, 0.3) is 0 Å². The minimum absolute atomic E-state index is 0.0463. The average molecular weight is 385 g/mol. The smallest absolute Gasteiger partial charge is 0.247 e. The van der Waals surface area contributed by atoms with E-state index in [1.165, 1.54) is 0 Å². The number of para-hydroxylation sites is 1. The van der Waals surface area contributed by atoms with Crippen LogP contribution in [0, 0.1) is 6.92 Å². The molecule has 0 aliphatic rings. The first-order chi connectivity index (χ1) is 12.7. The molecule has 2 aromatic heterocycles. The maximum absolute atomic E-state index is 12.8. The van der Waals surface area contributed by atoms with E-state index in [4.69, 9.17) is 4.74 Å². The number of carbonyl (C=O) groups is 1. The summed E-state index contributed by atoms with van der Waals surface area (Å²) in [6, 6.07) is 11.8. The number of nitrogens with zero attached hydrogens (tertiary/aromatic N) is 2. The number of benzene rings is 1. The maximum atomic E-state index is 12.8. The molecule has 0 fully saturated rings. The van der Waals surface area contributed by atoms with Crippen molar-refractivity contribution < 1.29 is 9.53 Å². The van der Waals surface area contributed by atoms with E-state index in [2.05, 4.69) is 4.98 Å². The van der Waals surface area contributed by atoms with Gasteiger partial charge in [0.15, 0.2) is 0 Å². The molecule has 0 spiro atoms. The number of hydrogen-bond donors (Lipinski definition) is 0. The third kappa shape index (κ3) is 4.80. The Balaban J connectivity index is 1.80. The highest BCUT2D eigenvalue weighted by molar-refractivity contribution is 7.10. The summed E-state index contributed by atoms with van der Waals surface area (Å²) < 4.78 is 5.43. The second-order valence-corrected chi connectivity index (χ2v) is 7.80. The maximum Gasteiger partial charge on any atom is 0.247 e. The molecule has 1 amide bonds. The molecule has 3 rings (SSSR count). The van der Waals surface area contributed by atoms with Crippen LogP contribution in [-0.2, 0) is 17.9 Å². The van der Waals surface area contributed by atoms with Gasteiger partial charge in [-0.15, -0.1) is 22.7 Å². The fraction of sp³-hybridized carbons (Fsp3) is 0.200. The van der Waals surface area contributed by atoms with E-state index < -0.39 is 0 Å². The molecule has 0 aliphatic carbocycles. The molecule has 1 aromatic carbocycles. The summed E-state index contributed by atoms with van der Waals surface area (Å²) >= 11 is 3.22. The van der Waals surface area contributed by atoms with E-state index in [1.54, 1.807) is 41.9 Å². The van der Waals surface area contributed by atoms with Gasteiger partial charge in [-0.05, 0) is 30.5 Å². The van der Waals surface area contributed by atoms with Crippen LogP contribution < -0.4 is 4.74 Å². The van der Waals surface area contributed by atoms with Crippen LogP contribution in [0.3, 0.4) is 0 Å². The predicted molar refractivity (Wildman–Crippen MR) is 107 cm³/mol. The monoisotopic (exact) mass is 384 g/mol. The summed E-state index contributed by atoms with van der Waals surface area (Å²) in [5.41, 5.74) is 1.80. The van der Waals surface area contributed by atoms with E-state index in [1.807, 2.05) is 59.0 Å². The minimum Gasteiger partial charge on any atom is -0.496 e. The molecule has 0 unspecified atom stereocenters. The van der Waals surface area contributed by atoms with Crippen molar-refractivity contribution in [1.29, 1.82) is 0 Å². The summed E-state index contributed by atoms with van der Waals surface area (Å²) in [6.45, 7) is 3.00. The number of methoxy groups -OCH3 is 1. The molecule has 0 radical (unpaired) electrons. The lowest BCUT2D eigenvalue weighted by molar-refractivity contribution is -0.127. The van der Waals surface area contributed by atoms with Crippen LogP contribution in [0.25, 0.3) is 6.08 Å². The van der Waals surface area contributed by atoms with Gasteiger partial charge >= 0.3 is 0 Å². The topological polar surface area (TPSA) is 42.4 Å². The molecule has 0 saturated heterocycles. The Morgan fingerprint density at radius 1 is 1.19 bits per heavy atom. The molecule has 0 bridgehead atoms. The number of amides is 1. The van der Waals surface area contributed by atoms with Gasteiger partial charge in [-0.25, -0.2) is 4.98 Å². The number of hydrogen-bond acceptors (Lipinski definition) is 5. The fourth-order valence-electron chi connectivity index (χ4n) is 2.56. The highest BCUT2D eigenvalue weighted by Gasteiger charge is 2.15. The molecule has 26 heavy (non-hydrogen) atoms. The zero-order chi connectivity index (χ0) is 18.4. The van der Waals surface area contributed by atoms with Crippen molar-refractivity contribution in [3.63, 3.8) is 0 Å². The highest BCUT2D eigenvalue weighted by atomic mass is 32.1. The number of thiophene rings is 1. The molecule has 6 heteroatoms. The van der Waals surface area contributed by atoms with E-state index in [0.717, 1.165) is 26.9 Å². The van der Waals surface area contributed by atoms with Gasteiger partial charge in [-0.1, -0.05) is 24.3 Å². The Morgan fingerprint density at radius 3 is 2.73 bits per heavy atom. The Labute approximate surface area is 161 Å². The molecule has 134 valence electrons. The lowest BCUT2D eigenvalue weighted by Crippen LogP contribution is -2.28. The Bertz CT molecular complexity index is 885. The van der Waals surface area contributed by atoms with Crippen molar-refractivity contribution in [1.82, 2.24) is 9.88 Å². The number of thiazole rings is 1. The predicted octanol–water partition coefficient (Wildman–Crippen LogP) is 4.76. The second-order valence-electron chi connectivity index (χ2n) is 5.71. The van der Waals surface area contributed by atoms with Gasteiger partial charge < -0.3 is 9.64 Å². The SMILES string of the molecule is COc1ccccc1CN(Cc1cccs1)C(=O)/C=C/c1csc(C)n1. The standard InChI is InChI=1S/C20H20N2O2S2/c1-15-21-17(14-26-15)9-10-20(23)22(13-18-7-5-11-25-18)12-16-6-3-4-8-19(16)24-2/h3-11,14H,12-13H2,1-2H3/b10-9+. The van der Waals surface area contributed by atoms with Gasteiger partial charge in [0.2, 0.25) is 5.91 Å². The minimum atomic E-state index is -0.0463. The third-order valence-electron chi connectivity index (χ3n) is 3.83. The molecule has 3 aromatic rings. The van der Waals surface area contributed by atoms with Crippen LogP contribution in [0.5, 0.6) is 5.75 Å². The van der Waals surface area contributed by atoms with E-state index in [0.29, 0.717) is 13.1 Å². The van der Waals surface area contributed by atoms with Gasteiger partial charge in [0.1, 0.15) is 5.75 Å². The fourth-order valence-corrected chi connectivity index (χ4v) is 3.86. The largest absolute Gasteiger partial charge is 0.496 e. The van der Waals surface area contributed by atoms with Crippen molar-refractivity contribution in [2.75, 3.05) is 7.11 Å². The molecular formula is C20H20N2O2S2. The third-order valence-corrected chi connectivity index (χ3v) is 5.48. The van der Waals surface area contributed by atoms with E-state index >= 15 is 0 Å². The molecule has 0 N–H and O–H groups in total. The van der Waals surface area contributed by atoms with Gasteiger partial charge in [0.05, 0.1) is 24.4 Å². The zero-order valence-electron chi connectivity index (χ0n) is 14.7. The number of carbonyl (C=O) groups excluding carboxylic acids is 1.